The van der Waals surface area contributed by atoms with Crippen LogP contribution < -0.4 is 5.32 Å². The molecule has 0 aliphatic heterocycles. The Morgan fingerprint density at radius 1 is 0.842 bits per heavy atom. The number of halogens is 1. The summed E-state index contributed by atoms with van der Waals surface area (Å²) in [5.74, 6) is 0.0232. The average molecular weight is 547 g/mol. The molecule has 0 radical (unpaired) electrons. The number of likely N-dealkylation sites (N-methyl/N-ethyl adjacent to an activating group) is 2. The monoisotopic (exact) mass is 546 g/mol. The number of nitrogens with zero attached hydrogens (tertiary/aromatic N) is 2. The molecule has 0 fully saturated rings. The Labute approximate surface area is 241 Å². The molecule has 1 aromatic rings. The van der Waals surface area contributed by atoms with Gasteiger partial charge in [0.15, 0.2) is 0 Å². The molecule has 0 saturated carbocycles. The van der Waals surface area contributed by atoms with Crippen LogP contribution in [0.2, 0.25) is 0 Å². The van der Waals surface area contributed by atoms with Gasteiger partial charge in [0.1, 0.15) is 0 Å². The molecule has 0 spiro atoms. The van der Waals surface area contributed by atoms with Gasteiger partial charge in [-0.15, -0.1) is 12.4 Å². The summed E-state index contributed by atoms with van der Waals surface area (Å²) in [6.45, 7) is 26.1. The fourth-order valence-electron chi connectivity index (χ4n) is 4.69. The van der Waals surface area contributed by atoms with Crippen molar-refractivity contribution in [2.45, 2.75) is 81.1 Å². The maximum Gasteiger partial charge on any atom is 0.251 e. The Bertz CT molecular complexity index is 874. The zero-order chi connectivity index (χ0) is 27.7. The van der Waals surface area contributed by atoms with Gasteiger partial charge in [0.05, 0.1) is 32.7 Å². The van der Waals surface area contributed by atoms with Crippen LogP contribution in [-0.2, 0) is 0 Å². The second kappa shape index (κ2) is 20.1. The predicted octanol–water partition coefficient (Wildman–Crippen LogP) is 7.91. The highest BCUT2D eigenvalue weighted by Gasteiger charge is 2.23. The lowest BCUT2D eigenvalue weighted by Gasteiger charge is -2.38. The molecule has 5 heteroatoms. The molecule has 0 heterocycles. The average Bonchev–Trinajstić information content (AvgIpc) is 2.88. The van der Waals surface area contributed by atoms with Crippen molar-refractivity contribution < 1.29 is 9.28 Å². The minimum absolute atomic E-state index is 0. The van der Waals surface area contributed by atoms with Gasteiger partial charge in [-0.1, -0.05) is 60.9 Å². The molecule has 1 amide bonds. The largest absolute Gasteiger partial charge is 0.346 e. The fourth-order valence-corrected chi connectivity index (χ4v) is 4.69. The number of carbonyl (C=O) groups is 1. The number of nitrogens with one attached hydrogen (secondary N) is 1. The van der Waals surface area contributed by atoms with Gasteiger partial charge in [-0.3, -0.25) is 9.69 Å². The fraction of sp³-hybridized carbons (Fsp3) is 0.606. The van der Waals surface area contributed by atoms with Crippen molar-refractivity contribution >= 4 is 24.4 Å². The van der Waals surface area contributed by atoms with Gasteiger partial charge in [-0.2, -0.15) is 0 Å². The summed E-state index contributed by atoms with van der Waals surface area (Å²) in [5.41, 5.74) is 6.12. The third-order valence-electron chi connectivity index (χ3n) is 7.71. The Balaban J connectivity index is 0.0000137. The molecule has 1 rings (SSSR count). The van der Waals surface area contributed by atoms with Crippen LogP contribution in [0, 0.1) is 0 Å². The van der Waals surface area contributed by atoms with E-state index in [4.69, 9.17) is 0 Å². The van der Waals surface area contributed by atoms with Crippen LogP contribution in [-0.4, -0.2) is 67.6 Å². The molecule has 4 nitrogen and oxygen atoms in total. The highest BCUT2D eigenvalue weighted by molar-refractivity contribution is 5.94. The smallest absolute Gasteiger partial charge is 0.251 e. The lowest BCUT2D eigenvalue weighted by atomic mass is 10.0. The van der Waals surface area contributed by atoms with Gasteiger partial charge < -0.3 is 9.80 Å². The van der Waals surface area contributed by atoms with Gasteiger partial charge in [-0.25, -0.2) is 0 Å². The summed E-state index contributed by atoms with van der Waals surface area (Å²) in [4.78, 5) is 15.3. The van der Waals surface area contributed by atoms with Crippen molar-refractivity contribution in [1.82, 2.24) is 10.2 Å². The molecule has 1 aromatic carbocycles. The van der Waals surface area contributed by atoms with E-state index in [2.05, 4.69) is 96.0 Å². The SMILES string of the molecule is CCN(CC)CC[N+](CC)(CC)CCNC(=O)c1ccc(C=C(C)CCC=C(C)CCC=C(C)C)cc1.Cl. The van der Waals surface area contributed by atoms with E-state index in [1.807, 2.05) is 12.1 Å². The van der Waals surface area contributed by atoms with Crippen LogP contribution in [0.5, 0.6) is 0 Å². The van der Waals surface area contributed by atoms with Crippen molar-refractivity contribution in [3.63, 3.8) is 0 Å². The van der Waals surface area contributed by atoms with E-state index in [-0.39, 0.29) is 18.3 Å². The molecule has 0 saturated heterocycles. The molecule has 216 valence electrons. The summed E-state index contributed by atoms with van der Waals surface area (Å²) in [6.07, 6.45) is 11.3. The minimum atomic E-state index is 0. The van der Waals surface area contributed by atoms with E-state index in [1.54, 1.807) is 0 Å². The van der Waals surface area contributed by atoms with Gasteiger partial charge in [0.2, 0.25) is 0 Å². The van der Waals surface area contributed by atoms with E-state index >= 15 is 0 Å². The number of hydrogen-bond acceptors (Lipinski definition) is 2. The molecule has 0 unspecified atom stereocenters. The first-order valence-corrected chi connectivity index (χ1v) is 14.6. The van der Waals surface area contributed by atoms with E-state index < -0.39 is 0 Å². The summed E-state index contributed by atoms with van der Waals surface area (Å²) in [7, 11) is 0. The molecule has 0 aliphatic rings. The number of hydrogen-bond donors (Lipinski definition) is 1. The first kappa shape index (κ1) is 36.1. The summed E-state index contributed by atoms with van der Waals surface area (Å²) in [6, 6.07) is 8.01. The maximum atomic E-state index is 12.8. The van der Waals surface area contributed by atoms with Gasteiger partial charge >= 0.3 is 0 Å². The molecule has 38 heavy (non-hydrogen) atoms. The Morgan fingerprint density at radius 3 is 1.97 bits per heavy atom. The second-order valence-corrected chi connectivity index (χ2v) is 10.7. The zero-order valence-electron chi connectivity index (χ0n) is 25.7. The molecule has 0 atom stereocenters. The van der Waals surface area contributed by atoms with Crippen LogP contribution in [0.15, 0.2) is 53.1 Å². The molecule has 0 aliphatic carbocycles. The third-order valence-corrected chi connectivity index (χ3v) is 7.71. The molecule has 0 bridgehead atoms. The van der Waals surface area contributed by atoms with Crippen molar-refractivity contribution in [1.29, 1.82) is 0 Å². The predicted molar refractivity (Wildman–Crippen MR) is 170 cm³/mol. The first-order valence-electron chi connectivity index (χ1n) is 14.6. The minimum Gasteiger partial charge on any atom is -0.346 e. The molecular formula is C33H57ClN3O+. The lowest BCUT2D eigenvalue weighted by molar-refractivity contribution is -0.923. The Kier molecular flexibility index (Phi) is 19.1. The molecule has 1 N–H and O–H groups in total. The number of carbonyl (C=O) groups excluding carboxylic acids is 1. The topological polar surface area (TPSA) is 32.3 Å². The van der Waals surface area contributed by atoms with E-state index in [9.17, 15) is 4.79 Å². The van der Waals surface area contributed by atoms with Crippen LogP contribution >= 0.6 is 12.4 Å². The van der Waals surface area contributed by atoms with E-state index in [1.165, 1.54) is 16.7 Å². The normalized spacial score (nSPS) is 12.3. The maximum absolute atomic E-state index is 12.8. The van der Waals surface area contributed by atoms with Gasteiger partial charge in [0.25, 0.3) is 5.91 Å². The first-order chi connectivity index (χ1) is 17.7. The number of amides is 1. The van der Waals surface area contributed by atoms with Crippen LogP contribution in [0.1, 0.15) is 97.0 Å². The summed E-state index contributed by atoms with van der Waals surface area (Å²) in [5, 5.41) is 3.16. The van der Waals surface area contributed by atoms with Crippen molar-refractivity contribution in [2.75, 3.05) is 52.4 Å². The van der Waals surface area contributed by atoms with Crippen LogP contribution in [0.25, 0.3) is 6.08 Å². The number of rotatable bonds is 18. The quantitative estimate of drug-likeness (QED) is 0.150. The highest BCUT2D eigenvalue weighted by Crippen LogP contribution is 2.15. The van der Waals surface area contributed by atoms with E-state index in [0.717, 1.165) is 87.1 Å². The van der Waals surface area contributed by atoms with Crippen LogP contribution in [0.3, 0.4) is 0 Å². The van der Waals surface area contributed by atoms with Crippen molar-refractivity contribution in [2.24, 2.45) is 0 Å². The second-order valence-electron chi connectivity index (χ2n) is 10.7. The van der Waals surface area contributed by atoms with Gasteiger partial charge in [-0.05, 0) is 98.0 Å². The van der Waals surface area contributed by atoms with E-state index in [0.29, 0.717) is 6.54 Å². The van der Waals surface area contributed by atoms with Crippen molar-refractivity contribution in [3.8, 4) is 0 Å². The zero-order valence-corrected chi connectivity index (χ0v) is 26.6. The van der Waals surface area contributed by atoms with Gasteiger partial charge in [0, 0.05) is 12.1 Å². The Hall–Kier alpha value is -1.88. The van der Waals surface area contributed by atoms with Crippen LogP contribution in [0.4, 0.5) is 0 Å². The summed E-state index contributed by atoms with van der Waals surface area (Å²) < 4.78 is 1.05. The number of allylic oxidation sites excluding steroid dienone is 5. The molecule has 0 aromatic heterocycles. The standard InChI is InChI=1S/C33H55N3O.ClH/c1-9-35(10-2)24-26-36(11-3,12-4)25-23-34-33(37)32-21-19-31(20-22-32)27-30(8)18-14-17-29(7)16-13-15-28(5)6;/h15,17,19-22,27H,9-14,16,18,23-26H2,1-8H3;1H/p+1. The number of benzene rings is 1. The summed E-state index contributed by atoms with van der Waals surface area (Å²) >= 11 is 0. The Morgan fingerprint density at radius 2 is 1.42 bits per heavy atom. The third kappa shape index (κ3) is 14.3. The van der Waals surface area contributed by atoms with Crippen molar-refractivity contribution in [3.05, 3.63) is 64.3 Å². The highest BCUT2D eigenvalue weighted by atomic mass is 35.5. The molecular weight excluding hydrogens is 490 g/mol. The lowest BCUT2D eigenvalue weighted by Crippen LogP contribution is -2.54. The number of quaternary nitrogens is 1.